The Morgan fingerprint density at radius 1 is 0.889 bits per heavy atom. The van der Waals surface area contributed by atoms with Crippen molar-refractivity contribution in [1.82, 2.24) is 0 Å². The molecule has 0 aromatic heterocycles. The van der Waals surface area contributed by atoms with Crippen LogP contribution < -0.4 is 4.74 Å². The molecule has 0 bridgehead atoms. The summed E-state index contributed by atoms with van der Waals surface area (Å²) in [6.07, 6.45) is 0. The van der Waals surface area contributed by atoms with Crippen LogP contribution in [-0.2, 0) is 6.61 Å². The van der Waals surface area contributed by atoms with Crippen molar-refractivity contribution in [3.05, 3.63) is 65.0 Å². The lowest BCUT2D eigenvalue weighted by Crippen LogP contribution is -2.00. The molecule has 0 radical (unpaired) electrons. The number of halogens is 3. The predicted molar refractivity (Wildman–Crippen MR) is 61.8 cm³/mol. The van der Waals surface area contributed by atoms with Crippen LogP contribution in [0.5, 0.6) is 5.75 Å². The molecule has 2 aromatic rings. The van der Waals surface area contributed by atoms with Crippen molar-refractivity contribution in [2.24, 2.45) is 0 Å². The van der Waals surface area contributed by atoms with Crippen LogP contribution in [0.1, 0.15) is 11.1 Å². The molecule has 0 aliphatic carbocycles. The molecule has 2 aromatic carbocycles. The lowest BCUT2D eigenvalue weighted by molar-refractivity contribution is 0.281. The van der Waals surface area contributed by atoms with Crippen molar-refractivity contribution < 1.29 is 17.9 Å². The Morgan fingerprint density at radius 2 is 1.56 bits per heavy atom. The lowest BCUT2D eigenvalue weighted by atomic mass is 10.2. The van der Waals surface area contributed by atoms with Crippen molar-refractivity contribution >= 4 is 0 Å². The van der Waals surface area contributed by atoms with Gasteiger partial charge >= 0.3 is 0 Å². The highest BCUT2D eigenvalue weighted by atomic mass is 19.2. The van der Waals surface area contributed by atoms with Crippen LogP contribution in [0.2, 0.25) is 0 Å². The molecule has 0 N–H and O–H groups in total. The van der Waals surface area contributed by atoms with Gasteiger partial charge in [0.2, 0.25) is 5.82 Å². The van der Waals surface area contributed by atoms with Gasteiger partial charge in [0.15, 0.2) is 17.4 Å². The minimum atomic E-state index is -1.52. The monoisotopic (exact) mass is 252 g/mol. The molecule has 0 spiro atoms. The van der Waals surface area contributed by atoms with Crippen LogP contribution in [-0.4, -0.2) is 0 Å². The molecule has 1 nitrogen and oxygen atoms in total. The summed E-state index contributed by atoms with van der Waals surface area (Å²) < 4.78 is 44.0. The van der Waals surface area contributed by atoms with Gasteiger partial charge in [-0.3, -0.25) is 0 Å². The van der Waals surface area contributed by atoms with Crippen LogP contribution in [0.4, 0.5) is 13.2 Å². The van der Waals surface area contributed by atoms with Gasteiger partial charge in [0.1, 0.15) is 6.61 Å². The second-order valence-electron chi connectivity index (χ2n) is 3.95. The number of hydrogen-bond donors (Lipinski definition) is 0. The first-order valence-electron chi connectivity index (χ1n) is 5.40. The number of aryl methyl sites for hydroxylation is 1. The van der Waals surface area contributed by atoms with Gasteiger partial charge in [-0.2, -0.15) is 4.39 Å². The Kier molecular flexibility index (Phi) is 3.55. The average Bonchev–Trinajstić information content (AvgIpc) is 2.37. The van der Waals surface area contributed by atoms with E-state index in [2.05, 4.69) is 0 Å². The van der Waals surface area contributed by atoms with Gasteiger partial charge < -0.3 is 4.74 Å². The second-order valence-corrected chi connectivity index (χ2v) is 3.95. The van der Waals surface area contributed by atoms with E-state index in [1.165, 1.54) is 0 Å². The first-order valence-corrected chi connectivity index (χ1v) is 5.40. The Labute approximate surface area is 103 Å². The number of hydrogen-bond acceptors (Lipinski definition) is 1. The summed E-state index contributed by atoms with van der Waals surface area (Å²) in [5.41, 5.74) is 1.92. The van der Waals surface area contributed by atoms with Gasteiger partial charge in [-0.15, -0.1) is 0 Å². The zero-order chi connectivity index (χ0) is 13.1. The van der Waals surface area contributed by atoms with E-state index >= 15 is 0 Å². The fraction of sp³-hybridized carbons (Fsp3) is 0.143. The van der Waals surface area contributed by atoms with Gasteiger partial charge in [0, 0.05) is 0 Å². The zero-order valence-corrected chi connectivity index (χ0v) is 9.71. The summed E-state index contributed by atoms with van der Waals surface area (Å²) in [6.45, 7) is 2.04. The molecule has 94 valence electrons. The molecule has 0 saturated heterocycles. The molecule has 0 heterocycles. The maximum Gasteiger partial charge on any atom is 0.203 e. The molecule has 0 aliphatic rings. The molecule has 0 fully saturated rings. The summed E-state index contributed by atoms with van der Waals surface area (Å²) in [7, 11) is 0. The second kappa shape index (κ2) is 5.12. The number of benzene rings is 2. The quantitative estimate of drug-likeness (QED) is 0.750. The molecule has 0 atom stereocenters. The third kappa shape index (κ3) is 2.64. The minimum absolute atomic E-state index is 0.0995. The van der Waals surface area contributed by atoms with Gasteiger partial charge in [-0.05, 0) is 24.6 Å². The van der Waals surface area contributed by atoms with Crippen molar-refractivity contribution in [1.29, 1.82) is 0 Å². The molecule has 0 unspecified atom stereocenters. The zero-order valence-electron chi connectivity index (χ0n) is 9.71. The first-order chi connectivity index (χ1) is 8.58. The highest BCUT2D eigenvalue weighted by molar-refractivity contribution is 5.27. The molecule has 18 heavy (non-hydrogen) atoms. The largest absolute Gasteiger partial charge is 0.486 e. The Morgan fingerprint density at radius 3 is 2.22 bits per heavy atom. The minimum Gasteiger partial charge on any atom is -0.486 e. The fourth-order valence-corrected chi connectivity index (χ4v) is 1.47. The van der Waals surface area contributed by atoms with E-state index in [0.717, 1.165) is 23.3 Å². The van der Waals surface area contributed by atoms with E-state index in [9.17, 15) is 13.2 Å². The molecule has 0 aliphatic heterocycles. The summed E-state index contributed by atoms with van der Waals surface area (Å²) in [4.78, 5) is 0. The topological polar surface area (TPSA) is 9.23 Å². The average molecular weight is 252 g/mol. The van der Waals surface area contributed by atoms with Crippen LogP contribution >= 0.6 is 0 Å². The molecule has 0 amide bonds. The molecule has 4 heteroatoms. The Balaban J connectivity index is 2.11. The summed E-state index contributed by atoms with van der Waals surface area (Å²) in [5, 5.41) is 0. The van der Waals surface area contributed by atoms with E-state index in [4.69, 9.17) is 4.74 Å². The normalized spacial score (nSPS) is 10.4. The van der Waals surface area contributed by atoms with E-state index in [1.807, 2.05) is 31.2 Å². The Hall–Kier alpha value is -1.97. The van der Waals surface area contributed by atoms with Crippen LogP contribution in [0.15, 0.2) is 36.4 Å². The van der Waals surface area contributed by atoms with E-state index in [1.54, 1.807) is 0 Å². The molecule has 2 rings (SSSR count). The standard InChI is InChI=1S/C14H11F3O/c1-9-2-4-10(5-3-9)8-18-12-7-6-11(15)13(16)14(12)17/h2-7H,8H2,1H3. The smallest absolute Gasteiger partial charge is 0.203 e. The van der Waals surface area contributed by atoms with Gasteiger partial charge in [-0.25, -0.2) is 8.78 Å². The highest BCUT2D eigenvalue weighted by Gasteiger charge is 2.14. The van der Waals surface area contributed by atoms with Crippen molar-refractivity contribution in [3.63, 3.8) is 0 Å². The Bertz CT molecular complexity index is 550. The van der Waals surface area contributed by atoms with E-state index in [0.29, 0.717) is 0 Å². The van der Waals surface area contributed by atoms with Crippen molar-refractivity contribution in [2.75, 3.05) is 0 Å². The predicted octanol–water partition coefficient (Wildman–Crippen LogP) is 3.99. The maximum atomic E-state index is 13.3. The van der Waals surface area contributed by atoms with Crippen molar-refractivity contribution in [3.8, 4) is 5.75 Å². The molecule has 0 saturated carbocycles. The molecular weight excluding hydrogens is 241 g/mol. The summed E-state index contributed by atoms with van der Waals surface area (Å²) in [5.74, 6) is -4.34. The number of ether oxygens (including phenoxy) is 1. The van der Waals surface area contributed by atoms with Crippen LogP contribution in [0.3, 0.4) is 0 Å². The van der Waals surface area contributed by atoms with Gasteiger partial charge in [0.25, 0.3) is 0 Å². The van der Waals surface area contributed by atoms with E-state index in [-0.39, 0.29) is 12.4 Å². The third-order valence-electron chi connectivity index (χ3n) is 2.51. The van der Waals surface area contributed by atoms with E-state index < -0.39 is 17.5 Å². The maximum absolute atomic E-state index is 13.3. The summed E-state index contributed by atoms with van der Waals surface area (Å²) >= 11 is 0. The fourth-order valence-electron chi connectivity index (χ4n) is 1.47. The van der Waals surface area contributed by atoms with Gasteiger partial charge in [0.05, 0.1) is 0 Å². The summed E-state index contributed by atoms with van der Waals surface area (Å²) in [6, 6.07) is 9.34. The molecular formula is C14H11F3O. The first kappa shape index (κ1) is 12.5. The van der Waals surface area contributed by atoms with Crippen molar-refractivity contribution in [2.45, 2.75) is 13.5 Å². The van der Waals surface area contributed by atoms with Crippen LogP contribution in [0, 0.1) is 24.4 Å². The highest BCUT2D eigenvalue weighted by Crippen LogP contribution is 2.22. The lowest BCUT2D eigenvalue weighted by Gasteiger charge is -2.08. The van der Waals surface area contributed by atoms with Crippen LogP contribution in [0.25, 0.3) is 0 Å². The number of rotatable bonds is 3. The van der Waals surface area contributed by atoms with Gasteiger partial charge in [-0.1, -0.05) is 29.8 Å². The SMILES string of the molecule is Cc1ccc(COc2ccc(F)c(F)c2F)cc1. The third-order valence-corrected chi connectivity index (χ3v) is 2.51.